The molecule has 0 fully saturated rings. The standard InChI is InChI=1S/C12H22N2O3S/c1-5-7-14-8-6-13-11(14)9-10(15)12(2,3)18(4,16)17/h6,8,10,15H,5,7,9H2,1-4H3. The van der Waals surface area contributed by atoms with Crippen LogP contribution in [0.15, 0.2) is 12.4 Å². The molecular weight excluding hydrogens is 252 g/mol. The molecule has 1 N–H and O–H groups in total. The molecule has 0 saturated carbocycles. The van der Waals surface area contributed by atoms with E-state index in [1.807, 2.05) is 10.8 Å². The fraction of sp³-hybridized carbons (Fsp3) is 0.750. The van der Waals surface area contributed by atoms with Crippen LogP contribution in [0.3, 0.4) is 0 Å². The van der Waals surface area contributed by atoms with Crippen molar-refractivity contribution in [3.8, 4) is 0 Å². The summed E-state index contributed by atoms with van der Waals surface area (Å²) in [5, 5.41) is 10.1. The molecule has 6 heteroatoms. The Labute approximate surface area is 109 Å². The summed E-state index contributed by atoms with van der Waals surface area (Å²) in [5.41, 5.74) is 0. The molecule has 0 spiro atoms. The van der Waals surface area contributed by atoms with Crippen LogP contribution in [0, 0.1) is 0 Å². The van der Waals surface area contributed by atoms with E-state index in [2.05, 4.69) is 11.9 Å². The molecule has 0 bridgehead atoms. The number of aliphatic hydroxyl groups excluding tert-OH is 1. The average Bonchev–Trinajstić information content (AvgIpc) is 2.64. The molecule has 0 aliphatic carbocycles. The zero-order valence-corrected chi connectivity index (χ0v) is 12.2. The van der Waals surface area contributed by atoms with Gasteiger partial charge < -0.3 is 9.67 Å². The molecule has 1 aromatic heterocycles. The maximum atomic E-state index is 11.6. The summed E-state index contributed by atoms with van der Waals surface area (Å²) < 4.78 is 24.1. The van der Waals surface area contributed by atoms with Crippen LogP contribution in [0.2, 0.25) is 0 Å². The first-order chi connectivity index (χ1) is 8.20. The molecule has 0 saturated heterocycles. The topological polar surface area (TPSA) is 72.2 Å². The van der Waals surface area contributed by atoms with Gasteiger partial charge in [-0.15, -0.1) is 0 Å². The smallest absolute Gasteiger partial charge is 0.155 e. The number of aromatic nitrogens is 2. The Morgan fingerprint density at radius 2 is 2.11 bits per heavy atom. The number of hydrogen-bond acceptors (Lipinski definition) is 4. The lowest BCUT2D eigenvalue weighted by atomic mass is 10.0. The maximum Gasteiger partial charge on any atom is 0.155 e. The summed E-state index contributed by atoms with van der Waals surface area (Å²) in [6.07, 6.45) is 4.91. The molecule has 0 aliphatic heterocycles. The van der Waals surface area contributed by atoms with Crippen LogP contribution < -0.4 is 0 Å². The first-order valence-electron chi connectivity index (χ1n) is 6.07. The van der Waals surface area contributed by atoms with E-state index < -0.39 is 20.7 Å². The Kier molecular flexibility index (Phi) is 4.55. The Hall–Kier alpha value is -0.880. The zero-order valence-electron chi connectivity index (χ0n) is 11.4. The van der Waals surface area contributed by atoms with Crippen molar-refractivity contribution in [2.75, 3.05) is 6.26 Å². The normalized spacial score (nSPS) is 14.7. The van der Waals surface area contributed by atoms with E-state index >= 15 is 0 Å². The third-order valence-corrected chi connectivity index (χ3v) is 5.58. The van der Waals surface area contributed by atoms with Gasteiger partial charge in [0, 0.05) is 31.6 Å². The first kappa shape index (κ1) is 15.2. The predicted octanol–water partition coefficient (Wildman–Crippen LogP) is 1.02. The molecule has 1 rings (SSSR count). The van der Waals surface area contributed by atoms with Crippen LogP contribution in [-0.4, -0.2) is 40.2 Å². The Morgan fingerprint density at radius 1 is 1.50 bits per heavy atom. The van der Waals surface area contributed by atoms with E-state index in [1.54, 1.807) is 20.0 Å². The van der Waals surface area contributed by atoms with Crippen LogP contribution in [0.5, 0.6) is 0 Å². The van der Waals surface area contributed by atoms with Gasteiger partial charge in [0.05, 0.1) is 10.9 Å². The highest BCUT2D eigenvalue weighted by atomic mass is 32.2. The molecule has 1 heterocycles. The molecule has 1 aromatic rings. The van der Waals surface area contributed by atoms with Crippen molar-refractivity contribution in [2.45, 2.75) is 51.0 Å². The monoisotopic (exact) mass is 274 g/mol. The van der Waals surface area contributed by atoms with Gasteiger partial charge in [0.15, 0.2) is 9.84 Å². The van der Waals surface area contributed by atoms with Crippen LogP contribution in [0.4, 0.5) is 0 Å². The number of imidazole rings is 1. The van der Waals surface area contributed by atoms with Crippen molar-refractivity contribution in [3.05, 3.63) is 18.2 Å². The second-order valence-corrected chi connectivity index (χ2v) is 7.73. The Morgan fingerprint density at radius 3 is 2.61 bits per heavy atom. The number of hydrogen-bond donors (Lipinski definition) is 1. The Bertz CT molecular complexity index is 491. The highest BCUT2D eigenvalue weighted by molar-refractivity contribution is 7.92. The molecule has 104 valence electrons. The molecule has 1 unspecified atom stereocenters. The van der Waals surface area contributed by atoms with Crippen molar-refractivity contribution < 1.29 is 13.5 Å². The van der Waals surface area contributed by atoms with Gasteiger partial charge in [-0.25, -0.2) is 13.4 Å². The third-order valence-electron chi connectivity index (χ3n) is 3.40. The lowest BCUT2D eigenvalue weighted by Crippen LogP contribution is -2.44. The van der Waals surface area contributed by atoms with E-state index in [4.69, 9.17) is 0 Å². The average molecular weight is 274 g/mol. The van der Waals surface area contributed by atoms with Crippen molar-refractivity contribution in [2.24, 2.45) is 0 Å². The summed E-state index contributed by atoms with van der Waals surface area (Å²) >= 11 is 0. The molecule has 5 nitrogen and oxygen atoms in total. The maximum absolute atomic E-state index is 11.6. The van der Waals surface area contributed by atoms with Crippen molar-refractivity contribution in [1.29, 1.82) is 0 Å². The number of aliphatic hydroxyl groups is 1. The van der Waals surface area contributed by atoms with E-state index in [9.17, 15) is 13.5 Å². The van der Waals surface area contributed by atoms with Crippen LogP contribution in [0.1, 0.15) is 33.0 Å². The highest BCUT2D eigenvalue weighted by Crippen LogP contribution is 2.22. The SMILES string of the molecule is CCCn1ccnc1CC(O)C(C)(C)S(C)(=O)=O. The minimum Gasteiger partial charge on any atom is -0.391 e. The quantitative estimate of drug-likeness (QED) is 0.840. The number of nitrogens with zero attached hydrogens (tertiary/aromatic N) is 2. The number of aryl methyl sites for hydroxylation is 1. The lowest BCUT2D eigenvalue weighted by molar-refractivity contribution is 0.134. The van der Waals surface area contributed by atoms with Crippen LogP contribution in [0.25, 0.3) is 0 Å². The molecule has 0 radical (unpaired) electrons. The second-order valence-electron chi connectivity index (χ2n) is 5.13. The summed E-state index contributed by atoms with van der Waals surface area (Å²) in [7, 11) is -3.32. The minimum atomic E-state index is -3.32. The fourth-order valence-electron chi connectivity index (χ4n) is 1.64. The van der Waals surface area contributed by atoms with Gasteiger partial charge in [0.25, 0.3) is 0 Å². The lowest BCUT2D eigenvalue weighted by Gasteiger charge is -2.28. The van der Waals surface area contributed by atoms with Gasteiger partial charge in [-0.2, -0.15) is 0 Å². The molecule has 1 atom stereocenters. The van der Waals surface area contributed by atoms with Gasteiger partial charge in [-0.3, -0.25) is 0 Å². The van der Waals surface area contributed by atoms with E-state index in [0.717, 1.165) is 25.0 Å². The van der Waals surface area contributed by atoms with Gasteiger partial charge in [0.1, 0.15) is 5.82 Å². The first-order valence-corrected chi connectivity index (χ1v) is 7.97. The zero-order chi connectivity index (χ0) is 14.0. The molecular formula is C12H22N2O3S. The Balaban J connectivity index is 2.88. The van der Waals surface area contributed by atoms with Gasteiger partial charge >= 0.3 is 0 Å². The van der Waals surface area contributed by atoms with Gasteiger partial charge in [0.2, 0.25) is 0 Å². The number of sulfone groups is 1. The number of rotatable bonds is 6. The molecule has 18 heavy (non-hydrogen) atoms. The largest absolute Gasteiger partial charge is 0.391 e. The molecule has 0 amide bonds. The van der Waals surface area contributed by atoms with Crippen LogP contribution in [-0.2, 0) is 22.8 Å². The third kappa shape index (κ3) is 3.11. The van der Waals surface area contributed by atoms with Crippen molar-refractivity contribution in [3.63, 3.8) is 0 Å². The summed E-state index contributed by atoms with van der Waals surface area (Å²) in [6.45, 7) is 5.96. The van der Waals surface area contributed by atoms with Crippen molar-refractivity contribution >= 4 is 9.84 Å². The molecule has 0 aromatic carbocycles. The van der Waals surface area contributed by atoms with E-state index in [0.29, 0.717) is 0 Å². The second kappa shape index (κ2) is 5.40. The van der Waals surface area contributed by atoms with Gasteiger partial charge in [-0.05, 0) is 20.3 Å². The summed E-state index contributed by atoms with van der Waals surface area (Å²) in [6, 6.07) is 0. The van der Waals surface area contributed by atoms with E-state index in [-0.39, 0.29) is 6.42 Å². The molecule has 0 aliphatic rings. The summed E-state index contributed by atoms with van der Waals surface area (Å²) in [4.78, 5) is 4.18. The van der Waals surface area contributed by atoms with Crippen molar-refractivity contribution in [1.82, 2.24) is 9.55 Å². The minimum absolute atomic E-state index is 0.243. The fourth-order valence-corrected chi connectivity index (χ4v) is 2.22. The summed E-state index contributed by atoms with van der Waals surface area (Å²) in [5.74, 6) is 0.723. The van der Waals surface area contributed by atoms with E-state index in [1.165, 1.54) is 0 Å². The highest BCUT2D eigenvalue weighted by Gasteiger charge is 2.38. The van der Waals surface area contributed by atoms with Gasteiger partial charge in [-0.1, -0.05) is 6.92 Å². The predicted molar refractivity (Wildman–Crippen MR) is 71.2 cm³/mol. The van der Waals surface area contributed by atoms with Crippen LogP contribution >= 0.6 is 0 Å².